The lowest BCUT2D eigenvalue weighted by Gasteiger charge is -2.07. The predicted molar refractivity (Wildman–Crippen MR) is 62.4 cm³/mol. The van der Waals surface area contributed by atoms with Gasteiger partial charge in [-0.05, 0) is 36.1 Å². The molecule has 0 radical (unpaired) electrons. The van der Waals surface area contributed by atoms with E-state index < -0.39 is 6.10 Å². The zero-order valence-electron chi connectivity index (χ0n) is 8.14. The molecule has 1 N–H and O–H groups in total. The SMILES string of the molecule is Cc1cc(C(O)c2ccc(Cl)cn2)cs1. The number of aliphatic hydroxyl groups is 1. The van der Waals surface area contributed by atoms with E-state index in [1.165, 1.54) is 4.88 Å². The van der Waals surface area contributed by atoms with Gasteiger partial charge in [-0.3, -0.25) is 4.98 Å². The van der Waals surface area contributed by atoms with Gasteiger partial charge in [0.1, 0.15) is 6.10 Å². The van der Waals surface area contributed by atoms with E-state index in [1.807, 2.05) is 18.4 Å². The Morgan fingerprint density at radius 3 is 2.80 bits per heavy atom. The van der Waals surface area contributed by atoms with E-state index in [0.717, 1.165) is 5.56 Å². The standard InChI is InChI=1S/C11H10ClNOS/c1-7-4-8(6-15-7)11(14)10-3-2-9(12)5-13-10/h2-6,11,14H,1H3. The quantitative estimate of drug-likeness (QED) is 0.873. The second-order valence-corrected chi connectivity index (χ2v) is 4.85. The summed E-state index contributed by atoms with van der Waals surface area (Å²) in [5.41, 5.74) is 1.50. The van der Waals surface area contributed by atoms with Crippen molar-refractivity contribution in [1.82, 2.24) is 4.98 Å². The monoisotopic (exact) mass is 239 g/mol. The highest BCUT2D eigenvalue weighted by Crippen LogP contribution is 2.25. The van der Waals surface area contributed by atoms with E-state index in [-0.39, 0.29) is 0 Å². The summed E-state index contributed by atoms with van der Waals surface area (Å²) in [7, 11) is 0. The number of hydrogen-bond acceptors (Lipinski definition) is 3. The maximum Gasteiger partial charge on any atom is 0.122 e. The second-order valence-electron chi connectivity index (χ2n) is 3.29. The molecule has 0 saturated heterocycles. The summed E-state index contributed by atoms with van der Waals surface area (Å²) in [5.74, 6) is 0. The smallest absolute Gasteiger partial charge is 0.122 e. The van der Waals surface area contributed by atoms with Gasteiger partial charge < -0.3 is 5.11 Å². The van der Waals surface area contributed by atoms with Crippen LogP contribution in [0, 0.1) is 6.92 Å². The van der Waals surface area contributed by atoms with Gasteiger partial charge in [0.05, 0.1) is 10.7 Å². The Hall–Kier alpha value is -0.900. The van der Waals surface area contributed by atoms with Gasteiger partial charge >= 0.3 is 0 Å². The molecule has 0 saturated carbocycles. The first-order valence-corrected chi connectivity index (χ1v) is 5.77. The molecule has 2 aromatic rings. The van der Waals surface area contributed by atoms with Crippen molar-refractivity contribution in [2.45, 2.75) is 13.0 Å². The molecule has 0 fully saturated rings. The van der Waals surface area contributed by atoms with E-state index in [2.05, 4.69) is 4.98 Å². The van der Waals surface area contributed by atoms with Crippen LogP contribution >= 0.6 is 22.9 Å². The average Bonchev–Trinajstić information content (AvgIpc) is 2.65. The summed E-state index contributed by atoms with van der Waals surface area (Å²) in [6.45, 7) is 2.01. The van der Waals surface area contributed by atoms with Crippen LogP contribution in [0.2, 0.25) is 5.02 Å². The maximum atomic E-state index is 10.00. The minimum absolute atomic E-state index is 0.576. The molecule has 0 aliphatic carbocycles. The molecule has 15 heavy (non-hydrogen) atoms. The lowest BCUT2D eigenvalue weighted by Crippen LogP contribution is -2.00. The predicted octanol–water partition coefficient (Wildman–Crippen LogP) is 3.19. The third-order valence-electron chi connectivity index (χ3n) is 2.10. The Morgan fingerprint density at radius 1 is 1.47 bits per heavy atom. The molecular formula is C11H10ClNOS. The normalized spacial score (nSPS) is 12.7. The number of nitrogens with zero attached hydrogens (tertiary/aromatic N) is 1. The van der Waals surface area contributed by atoms with E-state index in [1.54, 1.807) is 29.7 Å². The third-order valence-corrected chi connectivity index (χ3v) is 3.20. The Labute approximate surface area is 97.2 Å². The Bertz CT molecular complexity index is 452. The summed E-state index contributed by atoms with van der Waals surface area (Å²) in [4.78, 5) is 5.27. The maximum absolute atomic E-state index is 10.00. The summed E-state index contributed by atoms with van der Waals surface area (Å²) < 4.78 is 0. The Kier molecular flexibility index (Phi) is 3.05. The first-order valence-electron chi connectivity index (χ1n) is 4.51. The first-order chi connectivity index (χ1) is 7.16. The van der Waals surface area contributed by atoms with Crippen LogP contribution < -0.4 is 0 Å². The van der Waals surface area contributed by atoms with Gasteiger partial charge in [-0.25, -0.2) is 0 Å². The van der Waals surface area contributed by atoms with Crippen LogP contribution in [0.3, 0.4) is 0 Å². The highest BCUT2D eigenvalue weighted by Gasteiger charge is 2.12. The number of aromatic nitrogens is 1. The van der Waals surface area contributed by atoms with Crippen LogP contribution in [0.1, 0.15) is 22.2 Å². The molecule has 4 heteroatoms. The van der Waals surface area contributed by atoms with Gasteiger partial charge in [0, 0.05) is 11.1 Å². The number of pyridine rings is 1. The van der Waals surface area contributed by atoms with Gasteiger partial charge in [0.25, 0.3) is 0 Å². The highest BCUT2D eigenvalue weighted by molar-refractivity contribution is 7.10. The van der Waals surface area contributed by atoms with Crippen molar-refractivity contribution in [3.63, 3.8) is 0 Å². The van der Waals surface area contributed by atoms with E-state index in [4.69, 9.17) is 11.6 Å². The fourth-order valence-electron chi connectivity index (χ4n) is 1.33. The number of aryl methyl sites for hydroxylation is 1. The van der Waals surface area contributed by atoms with Gasteiger partial charge in [0.15, 0.2) is 0 Å². The topological polar surface area (TPSA) is 33.1 Å². The summed E-state index contributed by atoms with van der Waals surface area (Å²) in [5, 5.41) is 12.5. The number of thiophene rings is 1. The van der Waals surface area contributed by atoms with Gasteiger partial charge in [-0.2, -0.15) is 0 Å². The van der Waals surface area contributed by atoms with Crippen LogP contribution in [0.15, 0.2) is 29.8 Å². The molecule has 0 aliphatic rings. The average molecular weight is 240 g/mol. The third kappa shape index (κ3) is 2.37. The Balaban J connectivity index is 2.28. The van der Waals surface area contributed by atoms with E-state index in [0.29, 0.717) is 10.7 Å². The minimum atomic E-state index is -0.660. The summed E-state index contributed by atoms with van der Waals surface area (Å²) in [6.07, 6.45) is 0.881. The van der Waals surface area contributed by atoms with Crippen molar-refractivity contribution in [3.05, 3.63) is 50.9 Å². The molecule has 78 valence electrons. The van der Waals surface area contributed by atoms with Crippen molar-refractivity contribution >= 4 is 22.9 Å². The molecule has 0 aliphatic heterocycles. The van der Waals surface area contributed by atoms with Gasteiger partial charge in [0.2, 0.25) is 0 Å². The molecule has 2 nitrogen and oxygen atoms in total. The largest absolute Gasteiger partial charge is 0.382 e. The van der Waals surface area contributed by atoms with E-state index >= 15 is 0 Å². The van der Waals surface area contributed by atoms with Gasteiger partial charge in [-0.15, -0.1) is 11.3 Å². The van der Waals surface area contributed by atoms with Crippen LogP contribution in [0.25, 0.3) is 0 Å². The summed E-state index contributed by atoms with van der Waals surface area (Å²) in [6, 6.07) is 5.43. The molecule has 1 atom stereocenters. The lowest BCUT2D eigenvalue weighted by atomic mass is 10.1. The highest BCUT2D eigenvalue weighted by atomic mass is 35.5. The van der Waals surface area contributed by atoms with Crippen molar-refractivity contribution in [2.75, 3.05) is 0 Å². The molecule has 0 bridgehead atoms. The van der Waals surface area contributed by atoms with Crippen molar-refractivity contribution in [3.8, 4) is 0 Å². The second kappa shape index (κ2) is 4.31. The summed E-state index contributed by atoms with van der Waals surface area (Å²) >= 11 is 7.34. The molecule has 0 amide bonds. The van der Waals surface area contributed by atoms with E-state index in [9.17, 15) is 5.11 Å². The fraction of sp³-hybridized carbons (Fsp3) is 0.182. The molecule has 2 aromatic heterocycles. The number of aliphatic hydroxyl groups excluding tert-OH is 1. The lowest BCUT2D eigenvalue weighted by molar-refractivity contribution is 0.216. The molecule has 0 aromatic carbocycles. The zero-order chi connectivity index (χ0) is 10.8. The number of hydrogen-bond donors (Lipinski definition) is 1. The Morgan fingerprint density at radius 2 is 2.27 bits per heavy atom. The van der Waals surface area contributed by atoms with Crippen molar-refractivity contribution in [1.29, 1.82) is 0 Å². The van der Waals surface area contributed by atoms with Crippen molar-refractivity contribution < 1.29 is 5.11 Å². The molecular weight excluding hydrogens is 230 g/mol. The zero-order valence-corrected chi connectivity index (χ0v) is 9.72. The number of halogens is 1. The minimum Gasteiger partial charge on any atom is -0.382 e. The van der Waals surface area contributed by atoms with Crippen molar-refractivity contribution in [2.24, 2.45) is 0 Å². The molecule has 2 heterocycles. The molecule has 1 unspecified atom stereocenters. The fourth-order valence-corrected chi connectivity index (χ4v) is 2.16. The van der Waals surface area contributed by atoms with Gasteiger partial charge in [-0.1, -0.05) is 11.6 Å². The molecule has 2 rings (SSSR count). The van der Waals surface area contributed by atoms with Crippen LogP contribution in [-0.4, -0.2) is 10.1 Å². The van der Waals surface area contributed by atoms with Crippen LogP contribution in [-0.2, 0) is 0 Å². The molecule has 0 spiro atoms. The van der Waals surface area contributed by atoms with Crippen LogP contribution in [0.5, 0.6) is 0 Å². The van der Waals surface area contributed by atoms with Crippen LogP contribution in [0.4, 0.5) is 0 Å². The number of rotatable bonds is 2. The first kappa shape index (κ1) is 10.6.